The summed E-state index contributed by atoms with van der Waals surface area (Å²) in [7, 11) is 0. The smallest absolute Gasteiger partial charge is 0.230 e. The number of hydrogen-bond donors (Lipinski definition) is 1. The normalized spacial score (nSPS) is 14.7. The second-order valence-electron chi connectivity index (χ2n) is 6.70. The first-order valence-corrected chi connectivity index (χ1v) is 10.2. The third-order valence-electron chi connectivity index (χ3n) is 4.52. The predicted octanol–water partition coefficient (Wildman–Crippen LogP) is 3.22. The van der Waals surface area contributed by atoms with Crippen LogP contribution in [0.3, 0.4) is 0 Å². The molecule has 0 unspecified atom stereocenters. The Bertz CT molecular complexity index is 923. The van der Waals surface area contributed by atoms with E-state index in [-0.39, 0.29) is 12.3 Å². The molecule has 6 nitrogen and oxygen atoms in total. The number of hydrogen-bond acceptors (Lipinski definition) is 6. The Morgan fingerprint density at radius 3 is 2.93 bits per heavy atom. The van der Waals surface area contributed by atoms with Crippen molar-refractivity contribution >= 4 is 22.9 Å². The second-order valence-corrected chi connectivity index (χ2v) is 7.56. The van der Waals surface area contributed by atoms with Gasteiger partial charge in [-0.3, -0.25) is 14.7 Å². The van der Waals surface area contributed by atoms with Crippen LogP contribution in [0.4, 0.5) is 5.69 Å². The van der Waals surface area contributed by atoms with Crippen LogP contribution >= 0.6 is 11.3 Å². The third kappa shape index (κ3) is 5.01. The molecule has 1 N–H and O–H groups in total. The summed E-state index contributed by atoms with van der Waals surface area (Å²) in [5.74, 6) is -0.0917. The number of nitrogens with one attached hydrogen (secondary N) is 1. The highest BCUT2D eigenvalue weighted by atomic mass is 32.1. The van der Waals surface area contributed by atoms with E-state index in [2.05, 4.69) is 44.5 Å². The van der Waals surface area contributed by atoms with Crippen molar-refractivity contribution in [2.75, 3.05) is 31.6 Å². The molecule has 1 aliphatic heterocycles. The molecule has 1 aliphatic rings. The molecule has 1 aromatic carbocycles. The van der Waals surface area contributed by atoms with Crippen molar-refractivity contribution in [3.63, 3.8) is 0 Å². The lowest BCUT2D eigenvalue weighted by Crippen LogP contribution is -2.35. The number of benzene rings is 1. The summed E-state index contributed by atoms with van der Waals surface area (Å²) in [6.45, 7) is 4.46. The molecule has 3 heterocycles. The van der Waals surface area contributed by atoms with E-state index in [1.54, 1.807) is 29.8 Å². The van der Waals surface area contributed by atoms with Gasteiger partial charge in [0.25, 0.3) is 0 Å². The minimum Gasteiger partial charge on any atom is -0.379 e. The highest BCUT2D eigenvalue weighted by molar-refractivity contribution is 7.13. The first-order valence-electron chi connectivity index (χ1n) is 9.30. The molecular weight excluding hydrogens is 372 g/mol. The standard InChI is InChI=1S/C21H22N4O2S/c26-20(23-18-5-2-6-22-13-18)12-19-15-28-21(24-19)17-4-1-3-16(11-17)14-25-7-9-27-10-8-25/h1-6,11,13,15H,7-10,12,14H2,(H,23,26). The van der Waals surface area contributed by atoms with E-state index in [0.29, 0.717) is 5.69 Å². The van der Waals surface area contributed by atoms with E-state index in [1.165, 1.54) is 5.56 Å². The first-order chi connectivity index (χ1) is 13.8. The first kappa shape index (κ1) is 18.7. The molecule has 1 amide bonds. The molecule has 0 aliphatic carbocycles. The van der Waals surface area contributed by atoms with Crippen LogP contribution in [-0.4, -0.2) is 47.1 Å². The van der Waals surface area contributed by atoms with E-state index in [1.807, 2.05) is 11.4 Å². The molecule has 2 aromatic heterocycles. The Morgan fingerprint density at radius 1 is 1.21 bits per heavy atom. The molecule has 1 saturated heterocycles. The molecule has 0 spiro atoms. The van der Waals surface area contributed by atoms with Crippen LogP contribution in [0.15, 0.2) is 54.2 Å². The van der Waals surface area contributed by atoms with Crippen LogP contribution in [0.25, 0.3) is 10.6 Å². The molecule has 4 rings (SSSR count). The maximum absolute atomic E-state index is 12.2. The molecular formula is C21H22N4O2S. The summed E-state index contributed by atoms with van der Waals surface area (Å²) < 4.78 is 5.42. The van der Waals surface area contributed by atoms with Gasteiger partial charge in [-0.05, 0) is 23.8 Å². The number of amides is 1. The second kappa shape index (κ2) is 9.05. The summed E-state index contributed by atoms with van der Waals surface area (Å²) in [6, 6.07) is 12.1. The van der Waals surface area contributed by atoms with Crippen molar-refractivity contribution in [1.29, 1.82) is 0 Å². The van der Waals surface area contributed by atoms with E-state index in [4.69, 9.17) is 4.74 Å². The Balaban J connectivity index is 1.39. The van der Waals surface area contributed by atoms with Gasteiger partial charge in [0.05, 0.1) is 37.2 Å². The van der Waals surface area contributed by atoms with Gasteiger partial charge in [-0.1, -0.05) is 18.2 Å². The van der Waals surface area contributed by atoms with Gasteiger partial charge in [0, 0.05) is 36.8 Å². The Labute approximate surface area is 168 Å². The maximum Gasteiger partial charge on any atom is 0.230 e. The minimum atomic E-state index is -0.0917. The monoisotopic (exact) mass is 394 g/mol. The Kier molecular flexibility index (Phi) is 6.06. The van der Waals surface area contributed by atoms with E-state index < -0.39 is 0 Å². The zero-order valence-corrected chi connectivity index (χ0v) is 16.3. The topological polar surface area (TPSA) is 67.4 Å². The van der Waals surface area contributed by atoms with E-state index in [9.17, 15) is 4.79 Å². The van der Waals surface area contributed by atoms with Crippen molar-refractivity contribution in [2.45, 2.75) is 13.0 Å². The van der Waals surface area contributed by atoms with Crippen LogP contribution in [0.5, 0.6) is 0 Å². The van der Waals surface area contributed by atoms with Crippen LogP contribution in [-0.2, 0) is 22.5 Å². The third-order valence-corrected chi connectivity index (χ3v) is 5.46. The van der Waals surface area contributed by atoms with Gasteiger partial charge >= 0.3 is 0 Å². The van der Waals surface area contributed by atoms with Crippen molar-refractivity contribution in [2.24, 2.45) is 0 Å². The van der Waals surface area contributed by atoms with Gasteiger partial charge < -0.3 is 10.1 Å². The average Bonchev–Trinajstić information content (AvgIpc) is 3.18. The number of aromatic nitrogens is 2. The number of ether oxygens (including phenoxy) is 1. The fraction of sp³-hybridized carbons (Fsp3) is 0.286. The predicted molar refractivity (Wildman–Crippen MR) is 110 cm³/mol. The molecule has 0 atom stereocenters. The van der Waals surface area contributed by atoms with Crippen LogP contribution in [0.2, 0.25) is 0 Å². The van der Waals surface area contributed by atoms with Crippen LogP contribution in [0.1, 0.15) is 11.3 Å². The number of pyridine rings is 1. The summed E-state index contributed by atoms with van der Waals surface area (Å²) in [6.07, 6.45) is 3.55. The quantitative estimate of drug-likeness (QED) is 0.695. The zero-order valence-electron chi connectivity index (χ0n) is 15.5. The average molecular weight is 395 g/mol. The van der Waals surface area contributed by atoms with Gasteiger partial charge in [0.15, 0.2) is 0 Å². The summed E-state index contributed by atoms with van der Waals surface area (Å²) in [4.78, 5) is 23.3. The summed E-state index contributed by atoms with van der Waals surface area (Å²) >= 11 is 1.57. The lowest BCUT2D eigenvalue weighted by molar-refractivity contribution is -0.115. The lowest BCUT2D eigenvalue weighted by Gasteiger charge is -2.26. The van der Waals surface area contributed by atoms with Crippen molar-refractivity contribution in [1.82, 2.24) is 14.9 Å². The van der Waals surface area contributed by atoms with Crippen LogP contribution in [0, 0.1) is 0 Å². The highest BCUT2D eigenvalue weighted by Gasteiger charge is 2.13. The van der Waals surface area contributed by atoms with Gasteiger partial charge in [-0.2, -0.15) is 0 Å². The SMILES string of the molecule is O=C(Cc1csc(-c2cccc(CN3CCOCC3)c2)n1)Nc1cccnc1. The molecule has 0 radical (unpaired) electrons. The van der Waals surface area contributed by atoms with Gasteiger partial charge in [-0.25, -0.2) is 4.98 Å². The maximum atomic E-state index is 12.2. The van der Waals surface area contributed by atoms with Crippen molar-refractivity contribution < 1.29 is 9.53 Å². The van der Waals surface area contributed by atoms with Crippen LogP contribution < -0.4 is 5.32 Å². The van der Waals surface area contributed by atoms with Gasteiger partial charge in [-0.15, -0.1) is 11.3 Å². The lowest BCUT2D eigenvalue weighted by atomic mass is 10.1. The molecule has 7 heteroatoms. The number of nitrogens with zero attached hydrogens (tertiary/aromatic N) is 3. The molecule has 144 valence electrons. The largest absolute Gasteiger partial charge is 0.379 e. The molecule has 1 fully saturated rings. The number of anilines is 1. The van der Waals surface area contributed by atoms with Crippen molar-refractivity contribution in [3.05, 3.63) is 65.4 Å². The fourth-order valence-electron chi connectivity index (χ4n) is 3.15. The summed E-state index contributed by atoms with van der Waals surface area (Å²) in [5.41, 5.74) is 3.83. The number of thiazole rings is 1. The number of carbonyl (C=O) groups is 1. The zero-order chi connectivity index (χ0) is 19.2. The molecule has 28 heavy (non-hydrogen) atoms. The Morgan fingerprint density at radius 2 is 2.11 bits per heavy atom. The number of rotatable bonds is 6. The Hall–Kier alpha value is -2.61. The van der Waals surface area contributed by atoms with Gasteiger partial charge in [0.2, 0.25) is 5.91 Å². The van der Waals surface area contributed by atoms with Gasteiger partial charge in [0.1, 0.15) is 5.01 Å². The highest BCUT2D eigenvalue weighted by Crippen LogP contribution is 2.25. The number of carbonyl (C=O) groups excluding carboxylic acids is 1. The molecule has 0 bridgehead atoms. The van der Waals surface area contributed by atoms with E-state index in [0.717, 1.165) is 49.1 Å². The minimum absolute atomic E-state index is 0.0917. The fourth-order valence-corrected chi connectivity index (χ4v) is 3.96. The molecule has 3 aromatic rings. The summed E-state index contributed by atoms with van der Waals surface area (Å²) in [5, 5.41) is 5.73. The number of morpholine rings is 1. The van der Waals surface area contributed by atoms with E-state index >= 15 is 0 Å². The van der Waals surface area contributed by atoms with Crippen molar-refractivity contribution in [3.8, 4) is 10.6 Å². The molecule has 0 saturated carbocycles.